The molecule has 0 spiro atoms. The Labute approximate surface area is 204 Å². The molecule has 0 unspecified atom stereocenters. The van der Waals surface area contributed by atoms with Crippen molar-refractivity contribution in [1.82, 2.24) is 0 Å². The number of rotatable bonds is 6. The average Bonchev–Trinajstić information content (AvgIpc) is 2.84. The molecule has 0 N–H and O–H groups in total. The van der Waals surface area contributed by atoms with Gasteiger partial charge in [-0.3, -0.25) is 4.79 Å². The van der Waals surface area contributed by atoms with E-state index in [4.69, 9.17) is 4.74 Å². The van der Waals surface area contributed by atoms with Gasteiger partial charge in [0.1, 0.15) is 17.3 Å². The fourth-order valence-electron chi connectivity index (χ4n) is 2.46. The summed E-state index contributed by atoms with van der Waals surface area (Å²) in [5.41, 5.74) is 2.02. The summed E-state index contributed by atoms with van der Waals surface area (Å²) in [7, 11) is 0. The Bertz CT molecular complexity index is 806. The molecule has 3 aromatic rings. The molecule has 33 heavy (non-hydrogen) atoms. The van der Waals surface area contributed by atoms with Gasteiger partial charge in [0.05, 0.1) is 0 Å². The molecule has 0 heterocycles. The number of hydrogen-bond acceptors (Lipinski definition) is 2. The van der Waals surface area contributed by atoms with Crippen molar-refractivity contribution in [3.05, 3.63) is 96.1 Å². The predicted molar refractivity (Wildman–Crippen MR) is 146 cm³/mol. The minimum absolute atomic E-state index is 0.202. The average molecular weight is 451 g/mol. The van der Waals surface area contributed by atoms with Gasteiger partial charge in [-0.2, -0.15) is 0 Å². The van der Waals surface area contributed by atoms with Crippen LogP contribution in [0.25, 0.3) is 0 Å². The van der Waals surface area contributed by atoms with Crippen LogP contribution in [0.4, 0.5) is 0 Å². The van der Waals surface area contributed by atoms with Crippen molar-refractivity contribution in [2.24, 2.45) is 5.92 Å². The molecule has 0 aliphatic heterocycles. The molecule has 0 aliphatic carbocycles. The summed E-state index contributed by atoms with van der Waals surface area (Å²) >= 11 is 0. The van der Waals surface area contributed by atoms with Crippen LogP contribution in [0, 0.1) is 5.92 Å². The summed E-state index contributed by atoms with van der Waals surface area (Å²) in [5, 5.41) is 0. The van der Waals surface area contributed by atoms with Crippen LogP contribution in [0.5, 0.6) is 11.5 Å². The van der Waals surface area contributed by atoms with Crippen molar-refractivity contribution in [2.75, 3.05) is 0 Å². The standard InChI is InChI=1S/C21H18O2.C4H10.3C2H6/c22-19(14-17-8-3-1-4-9-17)15-18-10-7-13-21(16-18)23-20-11-5-2-6-12-20;1-4(2)3;3*1-2/h1-13,16H,14-15H2;4H,1-3H3;3*1-2H3. The van der Waals surface area contributed by atoms with Gasteiger partial charge in [-0.1, -0.05) is 123 Å². The Morgan fingerprint density at radius 3 is 1.52 bits per heavy atom. The van der Waals surface area contributed by atoms with Crippen LogP contribution in [0.3, 0.4) is 0 Å². The van der Waals surface area contributed by atoms with E-state index in [-0.39, 0.29) is 5.78 Å². The molecule has 0 aliphatic rings. The molecule has 2 nitrogen and oxygen atoms in total. The molecule has 0 amide bonds. The van der Waals surface area contributed by atoms with E-state index in [0.717, 1.165) is 28.5 Å². The summed E-state index contributed by atoms with van der Waals surface area (Å²) in [6.07, 6.45) is 0.880. The van der Waals surface area contributed by atoms with Gasteiger partial charge in [0, 0.05) is 12.8 Å². The Kier molecular flexibility index (Phi) is 21.9. The number of Topliss-reactive ketones (excluding diaryl/α,β-unsaturated/α-hetero) is 1. The predicted octanol–water partition coefficient (Wildman–Crippen LogP) is 9.57. The minimum atomic E-state index is 0.202. The molecule has 0 aromatic heterocycles. The largest absolute Gasteiger partial charge is 0.457 e. The third-order valence-electron chi connectivity index (χ3n) is 3.52. The molecular weight excluding hydrogens is 404 g/mol. The first kappa shape index (κ1) is 32.3. The maximum atomic E-state index is 12.2. The van der Waals surface area contributed by atoms with Crippen LogP contribution in [0.2, 0.25) is 0 Å². The number of para-hydroxylation sites is 1. The van der Waals surface area contributed by atoms with Crippen LogP contribution < -0.4 is 4.74 Å². The van der Waals surface area contributed by atoms with E-state index >= 15 is 0 Å². The monoisotopic (exact) mass is 450 g/mol. The second-order valence-corrected chi connectivity index (χ2v) is 7.17. The van der Waals surface area contributed by atoms with Crippen molar-refractivity contribution in [3.8, 4) is 11.5 Å². The lowest BCUT2D eigenvalue weighted by atomic mass is 10.0. The first-order valence-electron chi connectivity index (χ1n) is 12.4. The summed E-state index contributed by atoms with van der Waals surface area (Å²) in [5.74, 6) is 2.58. The zero-order valence-corrected chi connectivity index (χ0v) is 22.4. The van der Waals surface area contributed by atoms with Crippen LogP contribution in [-0.4, -0.2) is 5.78 Å². The highest BCUT2D eigenvalue weighted by atomic mass is 16.5. The number of ketones is 1. The molecule has 0 bridgehead atoms. The van der Waals surface area contributed by atoms with Crippen LogP contribution in [0.1, 0.15) is 73.4 Å². The zero-order chi connectivity index (χ0) is 25.5. The first-order chi connectivity index (χ1) is 16.0. The van der Waals surface area contributed by atoms with Gasteiger partial charge >= 0.3 is 0 Å². The van der Waals surface area contributed by atoms with E-state index in [1.165, 1.54) is 0 Å². The number of hydrogen-bond donors (Lipinski definition) is 0. The molecule has 3 rings (SSSR count). The first-order valence-corrected chi connectivity index (χ1v) is 12.4. The normalized spacial score (nSPS) is 8.79. The van der Waals surface area contributed by atoms with E-state index in [2.05, 4.69) is 20.8 Å². The summed E-state index contributed by atoms with van der Waals surface area (Å²) < 4.78 is 5.81. The molecule has 3 aromatic carbocycles. The highest BCUT2D eigenvalue weighted by molar-refractivity contribution is 5.83. The summed E-state index contributed by atoms with van der Waals surface area (Å²) in [4.78, 5) is 12.2. The van der Waals surface area contributed by atoms with Crippen LogP contribution in [-0.2, 0) is 17.6 Å². The summed E-state index contributed by atoms with van der Waals surface area (Å²) in [6, 6.07) is 27.2. The van der Waals surface area contributed by atoms with Crippen LogP contribution in [0.15, 0.2) is 84.9 Å². The van der Waals surface area contributed by atoms with Gasteiger partial charge in [-0.25, -0.2) is 0 Å². The van der Waals surface area contributed by atoms with E-state index in [9.17, 15) is 4.79 Å². The summed E-state index contributed by atoms with van der Waals surface area (Å²) in [6.45, 7) is 18.5. The van der Waals surface area contributed by atoms with Crippen molar-refractivity contribution in [3.63, 3.8) is 0 Å². The highest BCUT2D eigenvalue weighted by Gasteiger charge is 2.06. The molecule has 0 saturated carbocycles. The third-order valence-corrected chi connectivity index (χ3v) is 3.52. The molecule has 0 saturated heterocycles. The van der Waals surface area contributed by atoms with E-state index in [0.29, 0.717) is 12.8 Å². The highest BCUT2D eigenvalue weighted by Crippen LogP contribution is 2.22. The Balaban J connectivity index is 0. The van der Waals surface area contributed by atoms with E-state index in [1.807, 2.05) is 126 Å². The molecule has 182 valence electrons. The number of benzene rings is 3. The van der Waals surface area contributed by atoms with Crippen molar-refractivity contribution >= 4 is 5.78 Å². The van der Waals surface area contributed by atoms with Gasteiger partial charge in [0.15, 0.2) is 0 Å². The molecule has 0 radical (unpaired) electrons. The van der Waals surface area contributed by atoms with Gasteiger partial charge in [0.25, 0.3) is 0 Å². The van der Waals surface area contributed by atoms with Crippen molar-refractivity contribution < 1.29 is 9.53 Å². The van der Waals surface area contributed by atoms with Gasteiger partial charge in [-0.15, -0.1) is 0 Å². The van der Waals surface area contributed by atoms with Crippen LogP contribution >= 0.6 is 0 Å². The Morgan fingerprint density at radius 2 is 1.00 bits per heavy atom. The minimum Gasteiger partial charge on any atom is -0.457 e. The third kappa shape index (κ3) is 17.4. The van der Waals surface area contributed by atoms with E-state index < -0.39 is 0 Å². The lowest BCUT2D eigenvalue weighted by molar-refractivity contribution is -0.117. The molecular formula is C31H46O2. The lowest BCUT2D eigenvalue weighted by Gasteiger charge is -2.07. The SMILES string of the molecule is CC.CC.CC.CC(C)C.O=C(Cc1ccccc1)Cc1cccc(Oc2ccccc2)c1. The maximum absolute atomic E-state index is 12.2. The van der Waals surface area contributed by atoms with Crippen molar-refractivity contribution in [1.29, 1.82) is 0 Å². The fraction of sp³-hybridized carbons (Fsp3) is 0.387. The van der Waals surface area contributed by atoms with E-state index in [1.54, 1.807) is 0 Å². The molecule has 2 heteroatoms. The molecule has 0 fully saturated rings. The van der Waals surface area contributed by atoms with Gasteiger partial charge in [0.2, 0.25) is 0 Å². The Hall–Kier alpha value is -2.87. The topological polar surface area (TPSA) is 26.3 Å². The lowest BCUT2D eigenvalue weighted by Crippen LogP contribution is -2.06. The number of carbonyl (C=O) groups is 1. The van der Waals surface area contributed by atoms with Gasteiger partial charge in [-0.05, 0) is 41.3 Å². The zero-order valence-electron chi connectivity index (χ0n) is 22.4. The second-order valence-electron chi connectivity index (χ2n) is 7.17. The quantitative estimate of drug-likeness (QED) is 0.373. The maximum Gasteiger partial charge on any atom is 0.141 e. The second kappa shape index (κ2) is 22.3. The number of carbonyl (C=O) groups excluding carboxylic acids is 1. The fourth-order valence-corrected chi connectivity index (χ4v) is 2.46. The molecule has 0 atom stereocenters. The Morgan fingerprint density at radius 1 is 0.606 bits per heavy atom. The number of ether oxygens (including phenoxy) is 1. The van der Waals surface area contributed by atoms with Crippen molar-refractivity contribution in [2.45, 2.75) is 75.2 Å². The smallest absolute Gasteiger partial charge is 0.141 e. The van der Waals surface area contributed by atoms with Gasteiger partial charge < -0.3 is 4.74 Å².